The summed E-state index contributed by atoms with van der Waals surface area (Å²) < 4.78 is 0. The first-order chi connectivity index (χ1) is 12.0. The third-order valence-corrected chi connectivity index (χ3v) is 4.72. The lowest BCUT2D eigenvalue weighted by atomic mass is 10.00. The summed E-state index contributed by atoms with van der Waals surface area (Å²) in [6, 6.07) is 19.7. The van der Waals surface area contributed by atoms with Gasteiger partial charge in [0.15, 0.2) is 6.54 Å². The summed E-state index contributed by atoms with van der Waals surface area (Å²) in [6.07, 6.45) is 0. The molecule has 0 fully saturated rings. The van der Waals surface area contributed by atoms with Gasteiger partial charge in [0, 0.05) is 10.6 Å². The van der Waals surface area contributed by atoms with Gasteiger partial charge in [-0.25, -0.2) is 0 Å². The molecule has 0 unspecified atom stereocenters. The normalized spacial score (nSPS) is 12.1. The lowest BCUT2D eigenvalue weighted by Gasteiger charge is -2.14. The highest BCUT2D eigenvalue weighted by atomic mass is 35.5. The first-order valence-corrected chi connectivity index (χ1v) is 8.86. The monoisotopic (exact) mass is 373 g/mol. The van der Waals surface area contributed by atoms with Crippen LogP contribution in [0.15, 0.2) is 60.7 Å². The van der Waals surface area contributed by atoms with E-state index in [9.17, 15) is 4.79 Å². The number of benzene rings is 3. The van der Waals surface area contributed by atoms with Gasteiger partial charge in [-0.05, 0) is 35.9 Å². The van der Waals surface area contributed by atoms with E-state index in [1.54, 1.807) is 18.2 Å². The molecule has 0 heterocycles. The van der Waals surface area contributed by atoms with E-state index in [-0.39, 0.29) is 11.9 Å². The van der Waals surface area contributed by atoms with Crippen molar-refractivity contribution < 1.29 is 10.1 Å². The molecule has 0 aromatic heterocycles. The van der Waals surface area contributed by atoms with Gasteiger partial charge in [0.2, 0.25) is 0 Å². The van der Waals surface area contributed by atoms with Gasteiger partial charge in [-0.15, -0.1) is 0 Å². The van der Waals surface area contributed by atoms with Gasteiger partial charge >= 0.3 is 0 Å². The number of hydrogen-bond donors (Lipinski definition) is 2. The Morgan fingerprint density at radius 1 is 1.08 bits per heavy atom. The first-order valence-electron chi connectivity index (χ1n) is 8.10. The van der Waals surface area contributed by atoms with Crippen LogP contribution in [0, 0.1) is 0 Å². The Kier molecular flexibility index (Phi) is 5.59. The second-order valence-corrected chi connectivity index (χ2v) is 6.81. The SMILES string of the molecule is C[C@@H]([NH2+]CC(=O)Nc1ccc(Cl)cc1Cl)c1cccc2ccccc12. The molecule has 3 rings (SSSR count). The van der Waals surface area contributed by atoms with E-state index in [1.165, 1.54) is 16.3 Å². The zero-order valence-electron chi connectivity index (χ0n) is 13.8. The van der Waals surface area contributed by atoms with Crippen molar-refractivity contribution >= 4 is 45.6 Å². The zero-order valence-corrected chi connectivity index (χ0v) is 15.3. The molecule has 0 spiro atoms. The van der Waals surface area contributed by atoms with Crippen LogP contribution in [0.2, 0.25) is 10.0 Å². The van der Waals surface area contributed by atoms with E-state index in [4.69, 9.17) is 23.2 Å². The number of nitrogens with one attached hydrogen (secondary N) is 1. The molecule has 3 nitrogen and oxygen atoms in total. The maximum atomic E-state index is 12.2. The molecule has 0 bridgehead atoms. The number of rotatable bonds is 5. The number of carbonyl (C=O) groups is 1. The maximum Gasteiger partial charge on any atom is 0.279 e. The van der Waals surface area contributed by atoms with Crippen molar-refractivity contribution in [2.75, 3.05) is 11.9 Å². The molecule has 0 radical (unpaired) electrons. The number of hydrogen-bond acceptors (Lipinski definition) is 1. The van der Waals surface area contributed by atoms with Crippen LogP contribution in [0.25, 0.3) is 10.8 Å². The average molecular weight is 374 g/mol. The molecule has 1 amide bonds. The number of amides is 1. The lowest BCUT2D eigenvalue weighted by molar-refractivity contribution is -0.682. The second kappa shape index (κ2) is 7.87. The Morgan fingerprint density at radius 2 is 1.84 bits per heavy atom. The zero-order chi connectivity index (χ0) is 17.8. The summed E-state index contributed by atoms with van der Waals surface area (Å²) in [7, 11) is 0. The number of quaternary nitrogens is 1. The van der Waals surface area contributed by atoms with Crippen molar-refractivity contribution in [3.63, 3.8) is 0 Å². The van der Waals surface area contributed by atoms with E-state index in [0.717, 1.165) is 0 Å². The fraction of sp³-hybridized carbons (Fsp3) is 0.150. The van der Waals surface area contributed by atoms with Gasteiger partial charge in [0.05, 0.1) is 10.7 Å². The number of carbonyl (C=O) groups excluding carboxylic acids is 1. The van der Waals surface area contributed by atoms with Crippen molar-refractivity contribution in [3.8, 4) is 0 Å². The highest BCUT2D eigenvalue weighted by Crippen LogP contribution is 2.25. The van der Waals surface area contributed by atoms with E-state index in [0.29, 0.717) is 22.3 Å². The Balaban J connectivity index is 1.65. The van der Waals surface area contributed by atoms with E-state index in [2.05, 4.69) is 42.6 Å². The summed E-state index contributed by atoms with van der Waals surface area (Å²) in [5, 5.41) is 8.23. The molecule has 1 atom stereocenters. The van der Waals surface area contributed by atoms with Crippen LogP contribution in [0.5, 0.6) is 0 Å². The number of fused-ring (bicyclic) bond motifs is 1. The predicted octanol–water partition coefficient (Wildman–Crippen LogP) is 4.41. The molecule has 0 saturated heterocycles. The Hall–Kier alpha value is -2.07. The molecule has 3 aromatic rings. The van der Waals surface area contributed by atoms with Crippen LogP contribution in [-0.2, 0) is 4.79 Å². The molecule has 0 saturated carbocycles. The summed E-state index contributed by atoms with van der Waals surface area (Å²) in [5.41, 5.74) is 1.79. The standard InChI is InChI=1S/C20H18Cl2N2O/c1-13(16-8-4-6-14-5-2-3-7-17(14)16)23-12-20(25)24-19-10-9-15(21)11-18(19)22/h2-11,13,23H,12H2,1H3,(H,24,25)/p+1/t13-/m1/s1. The predicted molar refractivity (Wildman–Crippen MR) is 104 cm³/mol. The van der Waals surface area contributed by atoms with E-state index < -0.39 is 0 Å². The second-order valence-electron chi connectivity index (χ2n) is 5.97. The third kappa shape index (κ3) is 4.31. The van der Waals surface area contributed by atoms with Gasteiger partial charge in [-0.3, -0.25) is 4.79 Å². The largest absolute Gasteiger partial charge is 0.332 e. The van der Waals surface area contributed by atoms with Crippen LogP contribution in [0.3, 0.4) is 0 Å². The highest BCUT2D eigenvalue weighted by Gasteiger charge is 2.14. The molecular weight excluding hydrogens is 355 g/mol. The smallest absolute Gasteiger partial charge is 0.279 e. The van der Waals surface area contributed by atoms with Gasteiger partial charge in [-0.2, -0.15) is 0 Å². The fourth-order valence-corrected chi connectivity index (χ4v) is 3.31. The van der Waals surface area contributed by atoms with Gasteiger partial charge in [0.25, 0.3) is 5.91 Å². The number of halogens is 2. The maximum absolute atomic E-state index is 12.2. The third-order valence-electron chi connectivity index (χ3n) is 4.18. The molecule has 3 N–H and O–H groups in total. The quantitative estimate of drug-likeness (QED) is 0.683. The fourth-order valence-electron chi connectivity index (χ4n) is 2.85. The molecule has 3 aromatic carbocycles. The molecule has 0 aliphatic heterocycles. The van der Waals surface area contributed by atoms with Gasteiger partial charge in [-0.1, -0.05) is 65.7 Å². The topological polar surface area (TPSA) is 45.7 Å². The Bertz CT molecular complexity index is 906. The first kappa shape index (κ1) is 17.7. The van der Waals surface area contributed by atoms with E-state index >= 15 is 0 Å². The Morgan fingerprint density at radius 3 is 2.64 bits per heavy atom. The molecular formula is C20H19Cl2N2O+. The van der Waals surface area contributed by atoms with Crippen molar-refractivity contribution in [1.29, 1.82) is 0 Å². The molecule has 0 aliphatic carbocycles. The summed E-state index contributed by atoms with van der Waals surface area (Å²) in [4.78, 5) is 12.2. The summed E-state index contributed by atoms with van der Waals surface area (Å²) in [6.45, 7) is 2.41. The minimum Gasteiger partial charge on any atom is -0.332 e. The molecule has 128 valence electrons. The number of nitrogens with two attached hydrogens (primary N) is 1. The summed E-state index contributed by atoms with van der Waals surface area (Å²) >= 11 is 12.0. The van der Waals surface area contributed by atoms with Crippen LogP contribution in [0.1, 0.15) is 18.5 Å². The average Bonchev–Trinajstić information content (AvgIpc) is 2.61. The van der Waals surface area contributed by atoms with Crippen LogP contribution in [-0.4, -0.2) is 12.5 Å². The van der Waals surface area contributed by atoms with Crippen LogP contribution < -0.4 is 10.6 Å². The molecule has 5 heteroatoms. The lowest BCUT2D eigenvalue weighted by Crippen LogP contribution is -2.86. The molecule has 25 heavy (non-hydrogen) atoms. The van der Waals surface area contributed by atoms with Crippen molar-refractivity contribution in [2.24, 2.45) is 0 Å². The highest BCUT2D eigenvalue weighted by molar-refractivity contribution is 6.36. The van der Waals surface area contributed by atoms with Crippen molar-refractivity contribution in [1.82, 2.24) is 0 Å². The minimum absolute atomic E-state index is 0.101. The van der Waals surface area contributed by atoms with Crippen molar-refractivity contribution in [2.45, 2.75) is 13.0 Å². The summed E-state index contributed by atoms with van der Waals surface area (Å²) in [5.74, 6) is -0.101. The Labute approximate surface area is 156 Å². The number of anilines is 1. The van der Waals surface area contributed by atoms with Gasteiger partial charge < -0.3 is 10.6 Å². The van der Waals surface area contributed by atoms with Crippen LogP contribution >= 0.6 is 23.2 Å². The van der Waals surface area contributed by atoms with Crippen LogP contribution in [0.4, 0.5) is 5.69 Å². The molecule has 0 aliphatic rings. The van der Waals surface area contributed by atoms with E-state index in [1.807, 2.05) is 17.4 Å². The van der Waals surface area contributed by atoms with Crippen molar-refractivity contribution in [3.05, 3.63) is 76.3 Å². The van der Waals surface area contributed by atoms with Gasteiger partial charge in [0.1, 0.15) is 6.04 Å². The minimum atomic E-state index is -0.101.